The van der Waals surface area contributed by atoms with Gasteiger partial charge in [0.2, 0.25) is 0 Å². The lowest BCUT2D eigenvalue weighted by atomic mass is 10.1. The highest BCUT2D eigenvalue weighted by Gasteiger charge is 2.10. The van der Waals surface area contributed by atoms with Gasteiger partial charge in [0, 0.05) is 11.8 Å². The summed E-state index contributed by atoms with van der Waals surface area (Å²) < 4.78 is 5.31. The average molecular weight is 190 g/mol. The van der Waals surface area contributed by atoms with Crippen LogP contribution in [0.1, 0.15) is 16.8 Å². The predicted octanol–water partition coefficient (Wildman–Crippen LogP) is 1.95. The van der Waals surface area contributed by atoms with Crippen LogP contribution in [0.25, 0.3) is 11.0 Å². The van der Waals surface area contributed by atoms with Gasteiger partial charge in [0.15, 0.2) is 5.58 Å². The lowest BCUT2D eigenvalue weighted by molar-refractivity contribution is 0.445. The van der Waals surface area contributed by atoms with Crippen LogP contribution in [-0.4, -0.2) is 11.7 Å². The fraction of sp³-hybridized carbons (Fsp3) is 0.364. The predicted molar refractivity (Wildman–Crippen MR) is 56.2 cm³/mol. The maximum absolute atomic E-state index is 5.50. The number of nitrogens with two attached hydrogens (primary N) is 1. The normalized spacial score (nSPS) is 11.1. The van der Waals surface area contributed by atoms with Crippen molar-refractivity contribution < 1.29 is 4.52 Å². The van der Waals surface area contributed by atoms with Crippen molar-refractivity contribution in [3.63, 3.8) is 0 Å². The van der Waals surface area contributed by atoms with Crippen molar-refractivity contribution in [1.82, 2.24) is 5.16 Å². The molecule has 1 aromatic carbocycles. The van der Waals surface area contributed by atoms with Crippen molar-refractivity contribution in [1.29, 1.82) is 0 Å². The van der Waals surface area contributed by atoms with Crippen LogP contribution in [0.2, 0.25) is 0 Å². The maximum atomic E-state index is 5.50. The van der Waals surface area contributed by atoms with Crippen molar-refractivity contribution in [3.05, 3.63) is 29.0 Å². The van der Waals surface area contributed by atoms with E-state index in [1.165, 1.54) is 11.1 Å². The summed E-state index contributed by atoms with van der Waals surface area (Å²) in [6.45, 7) is 4.73. The van der Waals surface area contributed by atoms with E-state index >= 15 is 0 Å². The minimum absolute atomic E-state index is 0.606. The highest BCUT2D eigenvalue weighted by Crippen LogP contribution is 2.24. The Balaban J connectivity index is 2.64. The molecule has 0 aliphatic rings. The third-order valence-corrected chi connectivity index (χ3v) is 2.62. The Kier molecular flexibility index (Phi) is 2.25. The molecule has 0 atom stereocenters. The van der Waals surface area contributed by atoms with E-state index < -0.39 is 0 Å². The molecule has 3 nitrogen and oxygen atoms in total. The van der Waals surface area contributed by atoms with Crippen molar-refractivity contribution in [2.75, 3.05) is 6.54 Å². The first-order valence-corrected chi connectivity index (χ1v) is 4.78. The number of benzene rings is 1. The standard InChI is InChI=1S/C11H14N2O/c1-7-3-4-9-10(5-6-12)13-14-11(9)8(7)2/h3-4H,5-6,12H2,1-2H3. The molecule has 0 amide bonds. The zero-order chi connectivity index (χ0) is 10.1. The monoisotopic (exact) mass is 190 g/mol. The largest absolute Gasteiger partial charge is 0.356 e. The first-order chi connectivity index (χ1) is 6.74. The van der Waals surface area contributed by atoms with E-state index in [1.807, 2.05) is 0 Å². The van der Waals surface area contributed by atoms with Crippen LogP contribution in [0, 0.1) is 13.8 Å². The first kappa shape index (κ1) is 9.21. The lowest BCUT2D eigenvalue weighted by Gasteiger charge is -1.98. The summed E-state index contributed by atoms with van der Waals surface area (Å²) in [5.74, 6) is 0. The molecule has 2 aromatic rings. The Hall–Kier alpha value is -1.35. The summed E-state index contributed by atoms with van der Waals surface area (Å²) in [7, 11) is 0. The highest BCUT2D eigenvalue weighted by atomic mass is 16.5. The molecular formula is C11H14N2O. The molecule has 0 saturated heterocycles. The van der Waals surface area contributed by atoms with Crippen LogP contribution in [0.15, 0.2) is 16.7 Å². The number of fused-ring (bicyclic) bond motifs is 1. The minimum Gasteiger partial charge on any atom is -0.356 e. The topological polar surface area (TPSA) is 52.0 Å². The molecular weight excluding hydrogens is 176 g/mol. The van der Waals surface area contributed by atoms with E-state index in [2.05, 4.69) is 31.1 Å². The van der Waals surface area contributed by atoms with Gasteiger partial charge in [0.25, 0.3) is 0 Å². The molecule has 0 aliphatic carbocycles. The van der Waals surface area contributed by atoms with Gasteiger partial charge in [-0.3, -0.25) is 0 Å². The number of nitrogens with zero attached hydrogens (tertiary/aromatic N) is 1. The number of rotatable bonds is 2. The van der Waals surface area contributed by atoms with Crippen LogP contribution in [-0.2, 0) is 6.42 Å². The van der Waals surface area contributed by atoms with Crippen LogP contribution in [0.4, 0.5) is 0 Å². The molecule has 2 N–H and O–H groups in total. The van der Waals surface area contributed by atoms with Gasteiger partial charge in [-0.15, -0.1) is 0 Å². The van der Waals surface area contributed by atoms with Gasteiger partial charge in [0.05, 0.1) is 5.69 Å². The maximum Gasteiger partial charge on any atom is 0.170 e. The Labute approximate surface area is 82.9 Å². The molecule has 0 bridgehead atoms. The number of aromatic nitrogens is 1. The van der Waals surface area contributed by atoms with Crippen LogP contribution >= 0.6 is 0 Å². The second-order valence-corrected chi connectivity index (χ2v) is 3.55. The highest BCUT2D eigenvalue weighted by molar-refractivity contribution is 5.83. The lowest BCUT2D eigenvalue weighted by Crippen LogP contribution is -2.02. The van der Waals surface area contributed by atoms with Crippen molar-refractivity contribution in [2.24, 2.45) is 5.73 Å². The van der Waals surface area contributed by atoms with Gasteiger partial charge in [-0.25, -0.2) is 0 Å². The number of hydrogen-bond donors (Lipinski definition) is 1. The summed E-state index contributed by atoms with van der Waals surface area (Å²) in [6.07, 6.45) is 0.773. The van der Waals surface area contributed by atoms with Crippen molar-refractivity contribution in [2.45, 2.75) is 20.3 Å². The van der Waals surface area contributed by atoms with Crippen LogP contribution < -0.4 is 5.73 Å². The van der Waals surface area contributed by atoms with Gasteiger partial charge in [0.1, 0.15) is 0 Å². The fourth-order valence-corrected chi connectivity index (χ4v) is 1.60. The molecule has 2 rings (SSSR count). The van der Waals surface area contributed by atoms with Crippen molar-refractivity contribution >= 4 is 11.0 Å². The van der Waals surface area contributed by atoms with E-state index in [0.29, 0.717) is 6.54 Å². The molecule has 0 unspecified atom stereocenters. The molecule has 3 heteroatoms. The van der Waals surface area contributed by atoms with Crippen LogP contribution in [0.3, 0.4) is 0 Å². The zero-order valence-electron chi connectivity index (χ0n) is 8.50. The SMILES string of the molecule is Cc1ccc2c(CCN)noc2c1C. The number of hydrogen-bond acceptors (Lipinski definition) is 3. The van der Waals surface area contributed by atoms with Gasteiger partial charge in [-0.2, -0.15) is 0 Å². The molecule has 0 aliphatic heterocycles. The molecule has 1 heterocycles. The Morgan fingerprint density at radius 3 is 2.86 bits per heavy atom. The van der Waals surface area contributed by atoms with Gasteiger partial charge >= 0.3 is 0 Å². The summed E-state index contributed by atoms with van der Waals surface area (Å²) in [4.78, 5) is 0. The quantitative estimate of drug-likeness (QED) is 0.787. The van der Waals surface area contributed by atoms with Gasteiger partial charge in [-0.1, -0.05) is 11.2 Å². The van der Waals surface area contributed by atoms with E-state index in [4.69, 9.17) is 10.3 Å². The number of aryl methyl sites for hydroxylation is 2. The summed E-state index contributed by atoms with van der Waals surface area (Å²) in [5, 5.41) is 5.13. The van der Waals surface area contributed by atoms with Crippen molar-refractivity contribution in [3.8, 4) is 0 Å². The molecule has 0 saturated carbocycles. The van der Waals surface area contributed by atoms with Gasteiger partial charge in [-0.05, 0) is 37.6 Å². The summed E-state index contributed by atoms with van der Waals surface area (Å²) in [6, 6.07) is 4.15. The van der Waals surface area contributed by atoms with Crippen LogP contribution in [0.5, 0.6) is 0 Å². The molecule has 74 valence electrons. The molecule has 14 heavy (non-hydrogen) atoms. The van der Waals surface area contributed by atoms with E-state index in [1.54, 1.807) is 0 Å². The minimum atomic E-state index is 0.606. The molecule has 0 fully saturated rings. The second-order valence-electron chi connectivity index (χ2n) is 3.55. The summed E-state index contributed by atoms with van der Waals surface area (Å²) >= 11 is 0. The van der Waals surface area contributed by atoms with E-state index in [-0.39, 0.29) is 0 Å². The Bertz CT molecular complexity index is 460. The third kappa shape index (κ3) is 1.30. The van der Waals surface area contributed by atoms with Gasteiger partial charge < -0.3 is 10.3 Å². The summed E-state index contributed by atoms with van der Waals surface area (Å²) in [5.41, 5.74) is 9.75. The smallest absolute Gasteiger partial charge is 0.170 e. The average Bonchev–Trinajstić information content (AvgIpc) is 2.57. The molecule has 0 spiro atoms. The molecule has 0 radical (unpaired) electrons. The van der Waals surface area contributed by atoms with E-state index in [0.717, 1.165) is 23.1 Å². The zero-order valence-corrected chi connectivity index (χ0v) is 8.50. The van der Waals surface area contributed by atoms with E-state index in [9.17, 15) is 0 Å². The molecule has 1 aromatic heterocycles. The third-order valence-electron chi connectivity index (χ3n) is 2.62. The Morgan fingerprint density at radius 2 is 2.14 bits per heavy atom. The second kappa shape index (κ2) is 3.42. The first-order valence-electron chi connectivity index (χ1n) is 4.78. The fourth-order valence-electron chi connectivity index (χ4n) is 1.60. The Morgan fingerprint density at radius 1 is 1.36 bits per heavy atom.